The minimum atomic E-state index is 0.473. The zero-order valence-corrected chi connectivity index (χ0v) is 17.2. The van der Waals surface area contributed by atoms with E-state index < -0.39 is 0 Å². The van der Waals surface area contributed by atoms with Crippen LogP contribution in [0.15, 0.2) is 53.7 Å². The zero-order chi connectivity index (χ0) is 19.5. The van der Waals surface area contributed by atoms with Gasteiger partial charge in [0, 0.05) is 31.9 Å². The monoisotopic (exact) mass is 387 g/mol. The number of pyridine rings is 1. The first-order chi connectivity index (χ1) is 13.1. The first kappa shape index (κ1) is 21.2. The van der Waals surface area contributed by atoms with Crippen molar-refractivity contribution in [3.8, 4) is 0 Å². The summed E-state index contributed by atoms with van der Waals surface area (Å²) in [6.45, 7) is 7.55. The first-order valence-electron chi connectivity index (χ1n) is 9.45. The van der Waals surface area contributed by atoms with Crippen molar-refractivity contribution >= 4 is 17.6 Å². The molecule has 1 aromatic heterocycles. The lowest BCUT2D eigenvalue weighted by Crippen LogP contribution is -2.40. The van der Waals surface area contributed by atoms with Crippen LogP contribution in [-0.4, -0.2) is 42.0 Å². The molecule has 2 N–H and O–H groups in total. The van der Waals surface area contributed by atoms with Crippen LogP contribution in [-0.2, 0) is 13.1 Å². The molecule has 2 rings (SSSR count). The molecule has 0 aliphatic rings. The van der Waals surface area contributed by atoms with E-state index >= 15 is 0 Å². The molecule has 2 aromatic rings. The molecule has 0 aliphatic heterocycles. The maximum Gasteiger partial charge on any atom is 0.191 e. The molecule has 146 valence electrons. The minimum absolute atomic E-state index is 0.473. The number of aliphatic imine (C=N–C) groups is 1. The number of nitrogens with zero attached hydrogens (tertiary/aromatic N) is 3. The van der Waals surface area contributed by atoms with E-state index in [1.165, 1.54) is 5.56 Å². The van der Waals surface area contributed by atoms with E-state index in [1.54, 1.807) is 12.3 Å². The Morgan fingerprint density at radius 2 is 1.93 bits per heavy atom. The van der Waals surface area contributed by atoms with Gasteiger partial charge in [0.05, 0.1) is 6.54 Å². The van der Waals surface area contributed by atoms with Crippen LogP contribution in [0.25, 0.3) is 0 Å². The molecule has 1 aromatic carbocycles. The van der Waals surface area contributed by atoms with Gasteiger partial charge < -0.3 is 10.6 Å². The topological polar surface area (TPSA) is 52.6 Å². The molecule has 1 atom stereocenters. The first-order valence-corrected chi connectivity index (χ1v) is 9.83. The van der Waals surface area contributed by atoms with Gasteiger partial charge in [0.2, 0.25) is 0 Å². The number of aromatic nitrogens is 1. The number of hydrogen-bond acceptors (Lipinski definition) is 3. The van der Waals surface area contributed by atoms with Gasteiger partial charge in [-0.1, -0.05) is 48.0 Å². The maximum absolute atomic E-state index is 5.82. The van der Waals surface area contributed by atoms with E-state index in [-0.39, 0.29) is 0 Å². The molecule has 1 unspecified atom stereocenters. The summed E-state index contributed by atoms with van der Waals surface area (Å²) in [4.78, 5) is 11.1. The Bertz CT molecular complexity index is 687. The van der Waals surface area contributed by atoms with Gasteiger partial charge in [-0.3, -0.25) is 4.90 Å². The molecule has 0 radical (unpaired) electrons. The van der Waals surface area contributed by atoms with Crippen molar-refractivity contribution < 1.29 is 0 Å². The second-order valence-corrected chi connectivity index (χ2v) is 7.04. The maximum atomic E-state index is 5.82. The highest BCUT2D eigenvalue weighted by Crippen LogP contribution is 2.08. The highest BCUT2D eigenvalue weighted by Gasteiger charge is 2.09. The number of rotatable bonds is 9. The standard InChI is InChI=1S/C21H30ClN5/c1-4-23-21(26-15-19-10-11-20(22)25-14-19)24-13-12-17(2)27(3)16-18-8-6-5-7-9-18/h5-11,14,17H,4,12-13,15-16H2,1-3H3,(H2,23,24,26). The van der Waals surface area contributed by atoms with Crippen LogP contribution in [0.2, 0.25) is 5.15 Å². The van der Waals surface area contributed by atoms with Crippen LogP contribution >= 0.6 is 11.6 Å². The third kappa shape index (κ3) is 7.97. The second kappa shape index (κ2) is 11.6. The predicted octanol–water partition coefficient (Wildman–Crippen LogP) is 3.70. The lowest BCUT2D eigenvalue weighted by Gasteiger charge is -2.25. The highest BCUT2D eigenvalue weighted by molar-refractivity contribution is 6.29. The van der Waals surface area contributed by atoms with Crippen molar-refractivity contribution in [2.75, 3.05) is 20.1 Å². The smallest absolute Gasteiger partial charge is 0.191 e. The summed E-state index contributed by atoms with van der Waals surface area (Å²) in [5, 5.41) is 7.20. The normalized spacial score (nSPS) is 12.9. The zero-order valence-electron chi connectivity index (χ0n) is 16.5. The molecule has 0 amide bonds. The number of hydrogen-bond donors (Lipinski definition) is 2. The summed E-state index contributed by atoms with van der Waals surface area (Å²) < 4.78 is 0. The summed E-state index contributed by atoms with van der Waals surface area (Å²) in [7, 11) is 2.17. The molecular weight excluding hydrogens is 358 g/mol. The summed E-state index contributed by atoms with van der Waals surface area (Å²) in [6, 6.07) is 14.8. The Labute approximate surface area is 167 Å². The molecule has 0 saturated heterocycles. The second-order valence-electron chi connectivity index (χ2n) is 6.65. The molecule has 1 heterocycles. The van der Waals surface area contributed by atoms with Crippen molar-refractivity contribution in [3.63, 3.8) is 0 Å². The van der Waals surface area contributed by atoms with Gasteiger partial charge >= 0.3 is 0 Å². The SMILES string of the molecule is CCNC(=NCc1ccc(Cl)nc1)NCCC(C)N(C)Cc1ccccc1. The van der Waals surface area contributed by atoms with Crippen LogP contribution < -0.4 is 10.6 Å². The van der Waals surface area contributed by atoms with E-state index in [0.29, 0.717) is 17.7 Å². The molecule has 0 fully saturated rings. The molecule has 27 heavy (non-hydrogen) atoms. The number of guanidine groups is 1. The summed E-state index contributed by atoms with van der Waals surface area (Å²) >= 11 is 5.82. The highest BCUT2D eigenvalue weighted by atomic mass is 35.5. The van der Waals surface area contributed by atoms with E-state index in [9.17, 15) is 0 Å². The van der Waals surface area contributed by atoms with E-state index in [2.05, 4.69) is 76.7 Å². The van der Waals surface area contributed by atoms with Crippen LogP contribution in [0.3, 0.4) is 0 Å². The van der Waals surface area contributed by atoms with Crippen molar-refractivity contribution in [1.82, 2.24) is 20.5 Å². The molecular formula is C21H30ClN5. The number of nitrogens with one attached hydrogen (secondary N) is 2. The molecule has 0 bridgehead atoms. The minimum Gasteiger partial charge on any atom is -0.357 e. The van der Waals surface area contributed by atoms with E-state index in [1.807, 2.05) is 6.07 Å². The Hall–Kier alpha value is -2.11. The average molecular weight is 388 g/mol. The largest absolute Gasteiger partial charge is 0.357 e. The fraction of sp³-hybridized carbons (Fsp3) is 0.429. The van der Waals surface area contributed by atoms with Crippen molar-refractivity contribution in [1.29, 1.82) is 0 Å². The molecule has 0 aliphatic carbocycles. The molecule has 0 spiro atoms. The van der Waals surface area contributed by atoms with Crippen molar-refractivity contribution in [3.05, 3.63) is 64.9 Å². The number of halogens is 1. The van der Waals surface area contributed by atoms with Crippen LogP contribution in [0.1, 0.15) is 31.4 Å². The van der Waals surface area contributed by atoms with E-state index in [4.69, 9.17) is 11.6 Å². The van der Waals surface area contributed by atoms with Gasteiger partial charge in [-0.2, -0.15) is 0 Å². The van der Waals surface area contributed by atoms with Gasteiger partial charge in [-0.05, 0) is 44.5 Å². The van der Waals surface area contributed by atoms with Crippen LogP contribution in [0, 0.1) is 0 Å². The summed E-state index contributed by atoms with van der Waals surface area (Å²) in [6.07, 6.45) is 2.80. The van der Waals surface area contributed by atoms with Crippen molar-refractivity contribution in [2.45, 2.75) is 39.4 Å². The molecule has 6 heteroatoms. The van der Waals surface area contributed by atoms with Crippen molar-refractivity contribution in [2.24, 2.45) is 4.99 Å². The van der Waals surface area contributed by atoms with Gasteiger partial charge in [-0.15, -0.1) is 0 Å². The van der Waals surface area contributed by atoms with Gasteiger partial charge in [0.1, 0.15) is 5.15 Å². The fourth-order valence-corrected chi connectivity index (χ4v) is 2.77. The van der Waals surface area contributed by atoms with Crippen LogP contribution in [0.5, 0.6) is 0 Å². The Kier molecular flexibility index (Phi) is 9.08. The van der Waals surface area contributed by atoms with E-state index in [0.717, 1.165) is 37.6 Å². The fourth-order valence-electron chi connectivity index (χ4n) is 2.66. The van der Waals surface area contributed by atoms with Gasteiger partial charge in [0.15, 0.2) is 5.96 Å². The summed E-state index contributed by atoms with van der Waals surface area (Å²) in [5.41, 5.74) is 2.37. The predicted molar refractivity (Wildman–Crippen MR) is 114 cm³/mol. The lowest BCUT2D eigenvalue weighted by molar-refractivity contribution is 0.238. The van der Waals surface area contributed by atoms with Gasteiger partial charge in [-0.25, -0.2) is 9.98 Å². The van der Waals surface area contributed by atoms with Crippen LogP contribution in [0.4, 0.5) is 0 Å². The molecule has 0 saturated carbocycles. The Morgan fingerprint density at radius 3 is 2.59 bits per heavy atom. The molecule has 5 nitrogen and oxygen atoms in total. The lowest BCUT2D eigenvalue weighted by atomic mass is 10.1. The average Bonchev–Trinajstić information content (AvgIpc) is 2.68. The quantitative estimate of drug-likeness (QED) is 0.391. The third-order valence-corrected chi connectivity index (χ3v) is 4.66. The summed E-state index contributed by atoms with van der Waals surface area (Å²) in [5.74, 6) is 0.824. The Morgan fingerprint density at radius 1 is 1.15 bits per heavy atom. The third-order valence-electron chi connectivity index (χ3n) is 4.43. The Balaban J connectivity index is 1.78. The number of benzene rings is 1. The van der Waals surface area contributed by atoms with Gasteiger partial charge in [0.25, 0.3) is 0 Å².